The van der Waals surface area contributed by atoms with Gasteiger partial charge < -0.3 is 20.8 Å². The van der Waals surface area contributed by atoms with Crippen molar-refractivity contribution < 1.29 is 37.8 Å². The van der Waals surface area contributed by atoms with E-state index in [1.807, 2.05) is 24.3 Å². The molecule has 2 heterocycles. The van der Waals surface area contributed by atoms with Crippen molar-refractivity contribution in [2.24, 2.45) is 5.92 Å². The Morgan fingerprint density at radius 2 is 1.60 bits per heavy atom. The number of amides is 1. The first kappa shape index (κ1) is 26.6. The van der Waals surface area contributed by atoms with Gasteiger partial charge in [-0.3, -0.25) is 9.59 Å². The van der Waals surface area contributed by atoms with Crippen LogP contribution in [0.3, 0.4) is 0 Å². The van der Waals surface area contributed by atoms with Crippen molar-refractivity contribution in [1.29, 1.82) is 0 Å². The number of benzene rings is 1. The molecule has 8 nitrogen and oxygen atoms in total. The smallest absolute Gasteiger partial charge is 0.481 e. The number of carbonyl (C=O) groups excluding carboxylic acids is 1. The zero-order chi connectivity index (χ0) is 25.6. The molecule has 0 spiro atoms. The molecule has 2 aliphatic rings. The number of hydrogen-bond acceptors (Lipinski definition) is 6. The Hall–Kier alpha value is -2.99. The normalized spacial score (nSPS) is 20.0. The van der Waals surface area contributed by atoms with E-state index < -0.39 is 18.1 Å². The number of carbonyl (C=O) groups is 3. The predicted molar refractivity (Wildman–Crippen MR) is 122 cm³/mol. The van der Waals surface area contributed by atoms with E-state index in [-0.39, 0.29) is 17.9 Å². The lowest BCUT2D eigenvalue weighted by molar-refractivity contribution is -0.192. The highest BCUT2D eigenvalue weighted by Crippen LogP contribution is 2.30. The van der Waals surface area contributed by atoms with Crippen molar-refractivity contribution in [1.82, 2.24) is 15.6 Å². The number of alkyl halides is 3. The second-order valence-corrected chi connectivity index (χ2v) is 9.46. The molecule has 1 aliphatic carbocycles. The molecule has 190 valence electrons. The van der Waals surface area contributed by atoms with Crippen LogP contribution in [0.15, 0.2) is 24.3 Å². The van der Waals surface area contributed by atoms with E-state index in [2.05, 4.69) is 10.6 Å². The Labute approximate surface area is 203 Å². The second kappa shape index (κ2) is 11.6. The van der Waals surface area contributed by atoms with E-state index in [0.29, 0.717) is 18.4 Å². The van der Waals surface area contributed by atoms with Crippen LogP contribution < -0.4 is 10.6 Å². The van der Waals surface area contributed by atoms with E-state index in [1.165, 1.54) is 10.6 Å². The van der Waals surface area contributed by atoms with Gasteiger partial charge in [-0.1, -0.05) is 12.1 Å². The Morgan fingerprint density at radius 3 is 2.17 bits per heavy atom. The summed E-state index contributed by atoms with van der Waals surface area (Å²) in [4.78, 5) is 38.6. The van der Waals surface area contributed by atoms with Crippen LogP contribution in [0.5, 0.6) is 0 Å². The van der Waals surface area contributed by atoms with Gasteiger partial charge in [-0.2, -0.15) is 13.2 Å². The van der Waals surface area contributed by atoms with E-state index in [4.69, 9.17) is 20.0 Å². The molecular weight excluding hydrogens is 487 g/mol. The third kappa shape index (κ3) is 7.49. The summed E-state index contributed by atoms with van der Waals surface area (Å²) in [5.74, 6) is -3.84. The molecule has 1 saturated carbocycles. The van der Waals surface area contributed by atoms with Crippen LogP contribution in [-0.2, 0) is 22.4 Å². The van der Waals surface area contributed by atoms with Gasteiger partial charge in [-0.15, -0.1) is 11.3 Å². The third-order valence-corrected chi connectivity index (χ3v) is 7.10. The van der Waals surface area contributed by atoms with Crippen LogP contribution in [0.1, 0.15) is 46.6 Å². The zero-order valence-corrected chi connectivity index (χ0v) is 19.5. The summed E-state index contributed by atoms with van der Waals surface area (Å²) >= 11 is 1.75. The first-order valence-electron chi connectivity index (χ1n) is 11.2. The lowest BCUT2D eigenvalue weighted by Crippen LogP contribution is -2.38. The number of aromatic nitrogens is 1. The minimum absolute atomic E-state index is 0.0611. The molecule has 1 amide bonds. The van der Waals surface area contributed by atoms with Crippen molar-refractivity contribution in [3.63, 3.8) is 0 Å². The quantitative estimate of drug-likeness (QED) is 0.493. The maximum Gasteiger partial charge on any atom is 0.490 e. The summed E-state index contributed by atoms with van der Waals surface area (Å²) in [5, 5.41) is 23.7. The van der Waals surface area contributed by atoms with Crippen molar-refractivity contribution >= 4 is 29.2 Å². The minimum Gasteiger partial charge on any atom is -0.481 e. The molecule has 4 rings (SSSR count). The van der Waals surface area contributed by atoms with Crippen LogP contribution in [0.4, 0.5) is 13.2 Å². The van der Waals surface area contributed by atoms with Crippen molar-refractivity contribution in [3.8, 4) is 10.6 Å². The molecule has 1 fully saturated rings. The first-order chi connectivity index (χ1) is 16.5. The molecule has 0 unspecified atom stereocenters. The Kier molecular flexibility index (Phi) is 8.84. The number of carboxylic acids is 2. The fourth-order valence-electron chi connectivity index (χ4n) is 3.95. The standard InChI is InChI=1S/C21H25N3O3S.C2HF3O2/c25-19(23-16-7-5-15(6-8-16)21(26)27)13-1-3-14(4-2-13)20-24-17-9-11-22-12-10-18(17)28-20;3-2(4,5)1(6)7/h1-4,15-16,22H,5-12H2,(H,23,25)(H,26,27);(H,6,7)/t15-,16-;. The largest absolute Gasteiger partial charge is 0.490 e. The van der Waals surface area contributed by atoms with Crippen molar-refractivity contribution in [2.75, 3.05) is 13.1 Å². The molecule has 4 N–H and O–H groups in total. The van der Waals surface area contributed by atoms with Gasteiger partial charge in [0.25, 0.3) is 5.91 Å². The molecule has 2 aromatic rings. The Balaban J connectivity index is 0.000000429. The maximum atomic E-state index is 12.5. The van der Waals surface area contributed by atoms with E-state index in [0.717, 1.165) is 49.3 Å². The molecular formula is C23H26F3N3O5S. The highest BCUT2D eigenvalue weighted by Gasteiger charge is 2.38. The number of nitrogens with one attached hydrogen (secondary N) is 2. The van der Waals surface area contributed by atoms with Crippen molar-refractivity contribution in [3.05, 3.63) is 40.4 Å². The topological polar surface area (TPSA) is 129 Å². The summed E-state index contributed by atoms with van der Waals surface area (Å²) in [6.45, 7) is 1.98. The molecule has 35 heavy (non-hydrogen) atoms. The number of hydrogen-bond donors (Lipinski definition) is 4. The Bertz CT molecular complexity index is 1020. The molecule has 0 radical (unpaired) electrons. The summed E-state index contributed by atoms with van der Waals surface area (Å²) in [6, 6.07) is 7.69. The van der Waals surface area contributed by atoms with Crippen molar-refractivity contribution in [2.45, 2.75) is 50.7 Å². The number of halogens is 3. The number of nitrogens with zero attached hydrogens (tertiary/aromatic N) is 1. The van der Waals surface area contributed by atoms with E-state index >= 15 is 0 Å². The SMILES string of the molecule is O=C(N[C@H]1CC[C@H](C(=O)O)CC1)c1ccc(-c2nc3c(s2)CCNCC3)cc1.O=C(O)C(F)(F)F. The van der Waals surface area contributed by atoms with Gasteiger partial charge in [0.15, 0.2) is 0 Å². The lowest BCUT2D eigenvalue weighted by Gasteiger charge is -2.26. The fraction of sp³-hybridized carbons (Fsp3) is 0.478. The van der Waals surface area contributed by atoms with Crippen LogP contribution in [0.25, 0.3) is 10.6 Å². The highest BCUT2D eigenvalue weighted by atomic mass is 32.1. The zero-order valence-electron chi connectivity index (χ0n) is 18.7. The molecule has 0 bridgehead atoms. The number of rotatable bonds is 4. The van der Waals surface area contributed by atoms with Crippen LogP contribution in [0, 0.1) is 5.92 Å². The van der Waals surface area contributed by atoms with Gasteiger partial charge in [0, 0.05) is 41.6 Å². The monoisotopic (exact) mass is 513 g/mol. The lowest BCUT2D eigenvalue weighted by atomic mass is 9.86. The van der Waals surface area contributed by atoms with Gasteiger partial charge >= 0.3 is 18.1 Å². The summed E-state index contributed by atoms with van der Waals surface area (Å²) in [7, 11) is 0. The Morgan fingerprint density at radius 1 is 1.00 bits per heavy atom. The number of thiazole rings is 1. The van der Waals surface area contributed by atoms with Gasteiger partial charge in [0.1, 0.15) is 5.01 Å². The number of fused-ring (bicyclic) bond motifs is 1. The molecule has 12 heteroatoms. The summed E-state index contributed by atoms with van der Waals surface area (Å²) in [6.07, 6.45) is -0.387. The van der Waals surface area contributed by atoms with E-state index in [9.17, 15) is 22.8 Å². The summed E-state index contributed by atoms with van der Waals surface area (Å²) in [5.41, 5.74) is 2.87. The van der Waals surface area contributed by atoms with Gasteiger partial charge in [-0.25, -0.2) is 9.78 Å². The first-order valence-corrected chi connectivity index (χ1v) is 12.0. The average molecular weight is 514 g/mol. The van der Waals surface area contributed by atoms with Crippen LogP contribution >= 0.6 is 11.3 Å². The average Bonchev–Trinajstić information content (AvgIpc) is 3.09. The molecule has 1 aliphatic heterocycles. The number of aliphatic carboxylic acids is 2. The number of carboxylic acid groups (broad SMARTS) is 2. The van der Waals surface area contributed by atoms with Gasteiger partial charge in [0.2, 0.25) is 0 Å². The maximum absolute atomic E-state index is 12.5. The van der Waals surface area contributed by atoms with Gasteiger partial charge in [-0.05, 0) is 44.2 Å². The molecule has 1 aromatic heterocycles. The molecule has 1 aromatic carbocycles. The predicted octanol–water partition coefficient (Wildman–Crippen LogP) is 3.50. The van der Waals surface area contributed by atoms with E-state index in [1.54, 1.807) is 11.3 Å². The van der Waals surface area contributed by atoms with Crippen LogP contribution in [-0.4, -0.2) is 58.4 Å². The van der Waals surface area contributed by atoms with Gasteiger partial charge in [0.05, 0.1) is 11.6 Å². The minimum atomic E-state index is -5.08. The van der Waals surface area contributed by atoms with Crippen LogP contribution in [0.2, 0.25) is 0 Å². The summed E-state index contributed by atoms with van der Waals surface area (Å²) < 4.78 is 31.7. The highest BCUT2D eigenvalue weighted by molar-refractivity contribution is 7.15. The molecule has 0 atom stereocenters. The second-order valence-electron chi connectivity index (χ2n) is 8.38. The third-order valence-electron chi connectivity index (χ3n) is 5.89. The fourth-order valence-corrected chi connectivity index (χ4v) is 5.06. The molecule has 0 saturated heterocycles.